The van der Waals surface area contributed by atoms with Crippen LogP contribution in [0.2, 0.25) is 0 Å². The number of hydrogen-bond acceptors (Lipinski definition) is 4. The summed E-state index contributed by atoms with van der Waals surface area (Å²) in [7, 11) is 0. The Balaban J connectivity index is 1.75. The van der Waals surface area contributed by atoms with Crippen LogP contribution < -0.4 is 5.73 Å². The molecule has 0 amide bonds. The molecule has 3 rings (SSSR count). The minimum absolute atomic E-state index is 0.507. The molecule has 2 N–H and O–H groups in total. The van der Waals surface area contributed by atoms with E-state index in [-0.39, 0.29) is 0 Å². The molecule has 1 saturated heterocycles. The van der Waals surface area contributed by atoms with Crippen LogP contribution in [0, 0.1) is 5.92 Å². The maximum atomic E-state index is 5.77. The molecule has 1 fully saturated rings. The van der Waals surface area contributed by atoms with Crippen LogP contribution in [0.3, 0.4) is 0 Å². The topological polar surface area (TPSA) is 59.5 Å². The molecule has 2 aromatic rings. The highest BCUT2D eigenvalue weighted by molar-refractivity contribution is 5.46. The van der Waals surface area contributed by atoms with E-state index in [0.717, 1.165) is 30.0 Å². The molecule has 1 aliphatic rings. The van der Waals surface area contributed by atoms with Crippen molar-refractivity contribution >= 4 is 5.65 Å². The van der Waals surface area contributed by atoms with Crippen LogP contribution >= 0.6 is 0 Å². The van der Waals surface area contributed by atoms with E-state index in [4.69, 9.17) is 10.7 Å². The molecule has 114 valence electrons. The first kappa shape index (κ1) is 14.5. The summed E-state index contributed by atoms with van der Waals surface area (Å²) in [5.74, 6) is 1.62. The van der Waals surface area contributed by atoms with Crippen LogP contribution in [-0.2, 0) is 13.0 Å². The molecule has 1 unspecified atom stereocenters. The fourth-order valence-corrected chi connectivity index (χ4v) is 3.24. The number of nitrogens with zero attached hydrogens (tertiary/aromatic N) is 4. The summed E-state index contributed by atoms with van der Waals surface area (Å²) in [5.41, 5.74) is 7.74. The smallest absolute Gasteiger partial charge is 0.160 e. The number of fused-ring (bicyclic) bond motifs is 1. The first-order valence-electron chi connectivity index (χ1n) is 7.94. The first-order valence-corrected chi connectivity index (χ1v) is 7.94. The summed E-state index contributed by atoms with van der Waals surface area (Å²) in [6.07, 6.45) is 5.48. The fourth-order valence-electron chi connectivity index (χ4n) is 3.24. The molecule has 0 aliphatic carbocycles. The van der Waals surface area contributed by atoms with E-state index < -0.39 is 0 Å². The number of piperidine rings is 1. The van der Waals surface area contributed by atoms with E-state index in [1.54, 1.807) is 0 Å². The third kappa shape index (κ3) is 3.09. The van der Waals surface area contributed by atoms with Crippen molar-refractivity contribution in [3.63, 3.8) is 0 Å². The number of likely N-dealkylation sites (tertiary alicyclic amines) is 1. The van der Waals surface area contributed by atoms with Crippen molar-refractivity contribution in [2.75, 3.05) is 13.1 Å². The predicted molar refractivity (Wildman–Crippen MR) is 84.0 cm³/mol. The number of aromatic nitrogens is 3. The molecule has 0 spiro atoms. The van der Waals surface area contributed by atoms with Crippen molar-refractivity contribution in [2.45, 2.75) is 45.7 Å². The van der Waals surface area contributed by atoms with Crippen LogP contribution in [0.5, 0.6) is 0 Å². The fraction of sp³-hybridized carbons (Fsp3) is 0.625. The summed E-state index contributed by atoms with van der Waals surface area (Å²) in [6.45, 7) is 7.45. The van der Waals surface area contributed by atoms with Crippen LogP contribution in [-0.4, -0.2) is 38.6 Å². The lowest BCUT2D eigenvalue weighted by molar-refractivity contribution is 0.138. The zero-order chi connectivity index (χ0) is 14.8. The zero-order valence-corrected chi connectivity index (χ0v) is 13.0. The van der Waals surface area contributed by atoms with Crippen molar-refractivity contribution in [3.8, 4) is 0 Å². The molecule has 0 bridgehead atoms. The minimum atomic E-state index is 0.507. The van der Waals surface area contributed by atoms with Gasteiger partial charge in [-0.3, -0.25) is 0 Å². The Morgan fingerprint density at radius 3 is 3.05 bits per heavy atom. The molecule has 5 nitrogen and oxygen atoms in total. The van der Waals surface area contributed by atoms with Crippen molar-refractivity contribution in [3.05, 3.63) is 29.7 Å². The van der Waals surface area contributed by atoms with Gasteiger partial charge in [0.15, 0.2) is 11.5 Å². The molecular weight excluding hydrogens is 262 g/mol. The lowest BCUT2D eigenvalue weighted by Crippen LogP contribution is -2.40. The lowest BCUT2D eigenvalue weighted by atomic mass is 9.94. The van der Waals surface area contributed by atoms with Gasteiger partial charge in [-0.05, 0) is 45.2 Å². The van der Waals surface area contributed by atoms with Crippen LogP contribution in [0.1, 0.15) is 38.1 Å². The SMILES string of the molecule is CC(C)N1CCCC(Cc2nc3c(CN)cccn3n2)C1. The number of rotatable bonds is 4. The second-order valence-corrected chi connectivity index (χ2v) is 6.33. The maximum Gasteiger partial charge on any atom is 0.160 e. The summed E-state index contributed by atoms with van der Waals surface area (Å²) in [6, 6.07) is 4.63. The van der Waals surface area contributed by atoms with Gasteiger partial charge in [0.05, 0.1) is 0 Å². The molecule has 0 radical (unpaired) electrons. The van der Waals surface area contributed by atoms with Gasteiger partial charge in [-0.15, -0.1) is 0 Å². The summed E-state index contributed by atoms with van der Waals surface area (Å²) in [4.78, 5) is 7.27. The highest BCUT2D eigenvalue weighted by Gasteiger charge is 2.23. The van der Waals surface area contributed by atoms with E-state index in [0.29, 0.717) is 18.5 Å². The Hall–Kier alpha value is -1.46. The average Bonchev–Trinajstić information content (AvgIpc) is 2.89. The Morgan fingerprint density at radius 1 is 1.43 bits per heavy atom. The van der Waals surface area contributed by atoms with Gasteiger partial charge in [-0.1, -0.05) is 6.07 Å². The van der Waals surface area contributed by atoms with Gasteiger partial charge >= 0.3 is 0 Å². The number of hydrogen-bond donors (Lipinski definition) is 1. The van der Waals surface area contributed by atoms with Gasteiger partial charge < -0.3 is 10.6 Å². The Labute approximate surface area is 126 Å². The molecule has 1 aliphatic heterocycles. The third-order valence-corrected chi connectivity index (χ3v) is 4.46. The monoisotopic (exact) mass is 287 g/mol. The Morgan fingerprint density at radius 2 is 2.29 bits per heavy atom. The second-order valence-electron chi connectivity index (χ2n) is 6.33. The van der Waals surface area contributed by atoms with Gasteiger partial charge in [0.25, 0.3) is 0 Å². The molecule has 0 aromatic carbocycles. The Kier molecular flexibility index (Phi) is 4.22. The Bertz CT molecular complexity index is 604. The van der Waals surface area contributed by atoms with Gasteiger partial charge in [0, 0.05) is 37.3 Å². The highest BCUT2D eigenvalue weighted by Crippen LogP contribution is 2.21. The van der Waals surface area contributed by atoms with Crippen molar-refractivity contribution < 1.29 is 0 Å². The summed E-state index contributed by atoms with van der Waals surface area (Å²) < 4.78 is 1.86. The van der Waals surface area contributed by atoms with Crippen LogP contribution in [0.4, 0.5) is 0 Å². The third-order valence-electron chi connectivity index (χ3n) is 4.46. The largest absolute Gasteiger partial charge is 0.326 e. The van der Waals surface area contributed by atoms with E-state index in [9.17, 15) is 0 Å². The lowest BCUT2D eigenvalue weighted by Gasteiger charge is -2.35. The highest BCUT2D eigenvalue weighted by atomic mass is 15.3. The van der Waals surface area contributed by atoms with Gasteiger partial charge in [-0.2, -0.15) is 5.10 Å². The van der Waals surface area contributed by atoms with Gasteiger partial charge in [0.2, 0.25) is 0 Å². The van der Waals surface area contributed by atoms with Crippen molar-refractivity contribution in [1.82, 2.24) is 19.5 Å². The number of pyridine rings is 1. The molecule has 3 heterocycles. The van der Waals surface area contributed by atoms with E-state index in [2.05, 4.69) is 23.8 Å². The molecule has 1 atom stereocenters. The van der Waals surface area contributed by atoms with E-state index in [1.807, 2.05) is 22.8 Å². The zero-order valence-electron chi connectivity index (χ0n) is 13.0. The second kappa shape index (κ2) is 6.12. The first-order chi connectivity index (χ1) is 10.2. The van der Waals surface area contributed by atoms with E-state index in [1.165, 1.54) is 19.4 Å². The molecule has 5 heteroatoms. The van der Waals surface area contributed by atoms with Crippen molar-refractivity contribution in [1.29, 1.82) is 0 Å². The van der Waals surface area contributed by atoms with Crippen LogP contribution in [0.25, 0.3) is 5.65 Å². The predicted octanol–water partition coefficient (Wildman–Crippen LogP) is 1.85. The maximum absolute atomic E-state index is 5.77. The normalized spacial score (nSPS) is 20.5. The molecular formula is C16H25N5. The quantitative estimate of drug-likeness (QED) is 0.932. The standard InChI is InChI=1S/C16H25N5/c1-12(2)20-7-3-5-13(11-20)9-15-18-16-14(10-17)6-4-8-21(16)19-15/h4,6,8,12-13H,3,5,7,9-11,17H2,1-2H3. The van der Waals surface area contributed by atoms with Crippen molar-refractivity contribution in [2.24, 2.45) is 11.7 Å². The van der Waals surface area contributed by atoms with Gasteiger partial charge in [0.1, 0.15) is 0 Å². The van der Waals surface area contributed by atoms with E-state index >= 15 is 0 Å². The summed E-state index contributed by atoms with van der Waals surface area (Å²) >= 11 is 0. The molecule has 2 aromatic heterocycles. The minimum Gasteiger partial charge on any atom is -0.326 e. The number of nitrogens with two attached hydrogens (primary N) is 1. The summed E-state index contributed by atoms with van der Waals surface area (Å²) in [5, 5.41) is 4.62. The van der Waals surface area contributed by atoms with Gasteiger partial charge in [-0.25, -0.2) is 9.50 Å². The molecule has 0 saturated carbocycles. The van der Waals surface area contributed by atoms with Crippen LogP contribution in [0.15, 0.2) is 18.3 Å². The molecule has 21 heavy (non-hydrogen) atoms. The average molecular weight is 287 g/mol.